The van der Waals surface area contributed by atoms with Crippen molar-refractivity contribution in [2.24, 2.45) is 0 Å². The molecule has 4 heteroatoms. The van der Waals surface area contributed by atoms with E-state index in [1.165, 1.54) is 11.4 Å². The van der Waals surface area contributed by atoms with Crippen LogP contribution in [0.2, 0.25) is 0 Å². The summed E-state index contributed by atoms with van der Waals surface area (Å²) in [5.74, 6) is 0.594. The van der Waals surface area contributed by atoms with Crippen molar-refractivity contribution in [2.75, 3.05) is 13.1 Å². The lowest BCUT2D eigenvalue weighted by molar-refractivity contribution is 0.133. The third-order valence-corrected chi connectivity index (χ3v) is 3.75. The van der Waals surface area contributed by atoms with Crippen LogP contribution in [0, 0.1) is 0 Å². The second-order valence-corrected chi connectivity index (χ2v) is 5.53. The lowest BCUT2D eigenvalue weighted by atomic mass is 9.95. The summed E-state index contributed by atoms with van der Waals surface area (Å²) in [6.07, 6.45) is 5.79. The summed E-state index contributed by atoms with van der Waals surface area (Å²) >= 11 is 0. The van der Waals surface area contributed by atoms with Crippen molar-refractivity contribution in [3.8, 4) is 0 Å². The summed E-state index contributed by atoms with van der Waals surface area (Å²) in [5, 5.41) is 0. The third kappa shape index (κ3) is 2.54. The van der Waals surface area contributed by atoms with E-state index in [0.717, 1.165) is 19.6 Å². The van der Waals surface area contributed by atoms with Gasteiger partial charge in [0.25, 0.3) is 0 Å². The van der Waals surface area contributed by atoms with E-state index in [2.05, 4.69) is 45.4 Å². The first-order chi connectivity index (χ1) is 9.24. The van der Waals surface area contributed by atoms with Crippen LogP contribution in [0.3, 0.4) is 0 Å². The van der Waals surface area contributed by atoms with E-state index in [1.54, 1.807) is 0 Å². The lowest BCUT2D eigenvalue weighted by Gasteiger charge is -2.39. The van der Waals surface area contributed by atoms with Crippen LogP contribution in [0.25, 0.3) is 0 Å². The molecule has 0 radical (unpaired) electrons. The van der Waals surface area contributed by atoms with Crippen molar-refractivity contribution in [3.63, 3.8) is 0 Å². The molecule has 0 saturated carbocycles. The highest BCUT2D eigenvalue weighted by Gasteiger charge is 2.29. The van der Waals surface area contributed by atoms with Gasteiger partial charge >= 0.3 is 0 Å². The van der Waals surface area contributed by atoms with Gasteiger partial charge in [0.15, 0.2) is 0 Å². The molecule has 3 heterocycles. The Morgan fingerprint density at radius 3 is 2.84 bits per heavy atom. The number of aromatic nitrogens is 3. The molecule has 4 nitrogen and oxygen atoms in total. The maximum atomic E-state index is 4.43. The maximum absolute atomic E-state index is 4.43. The van der Waals surface area contributed by atoms with Crippen LogP contribution in [0.1, 0.15) is 37.2 Å². The fourth-order valence-corrected chi connectivity index (χ4v) is 2.65. The number of hydrogen-bond donors (Lipinski definition) is 0. The summed E-state index contributed by atoms with van der Waals surface area (Å²) in [6.45, 7) is 7.57. The third-order valence-electron chi connectivity index (χ3n) is 3.75. The van der Waals surface area contributed by atoms with Crippen molar-refractivity contribution in [1.82, 2.24) is 19.4 Å². The highest BCUT2D eigenvalue weighted by Crippen LogP contribution is 2.27. The molecule has 2 aromatic rings. The van der Waals surface area contributed by atoms with Crippen LogP contribution in [0.4, 0.5) is 0 Å². The van der Waals surface area contributed by atoms with E-state index in [9.17, 15) is 0 Å². The maximum Gasteiger partial charge on any atom is 0.0951 e. The van der Waals surface area contributed by atoms with E-state index in [0.29, 0.717) is 12.0 Å². The van der Waals surface area contributed by atoms with Crippen molar-refractivity contribution >= 4 is 0 Å². The molecule has 100 valence electrons. The minimum atomic E-state index is 0.477. The van der Waals surface area contributed by atoms with Crippen LogP contribution in [0.15, 0.2) is 36.9 Å². The van der Waals surface area contributed by atoms with Crippen LogP contribution in [-0.4, -0.2) is 32.5 Å². The number of rotatable bonds is 4. The molecule has 0 spiro atoms. The first-order valence-corrected chi connectivity index (χ1v) is 6.88. The average molecular weight is 256 g/mol. The van der Waals surface area contributed by atoms with Gasteiger partial charge in [0.2, 0.25) is 0 Å². The molecular formula is C15H20N4. The van der Waals surface area contributed by atoms with Gasteiger partial charge in [0, 0.05) is 49.7 Å². The molecular weight excluding hydrogens is 236 g/mol. The summed E-state index contributed by atoms with van der Waals surface area (Å²) < 4.78 is 2.24. The standard InChI is InChI=1S/C15H20N4/c1-12(2)19-11-16-7-14(19)10-18-8-13(9-18)15-5-3-4-6-17-15/h3-7,11-13H,8-10H2,1-2H3. The van der Waals surface area contributed by atoms with Gasteiger partial charge in [-0.25, -0.2) is 4.98 Å². The van der Waals surface area contributed by atoms with E-state index < -0.39 is 0 Å². The minimum absolute atomic E-state index is 0.477. The molecule has 0 N–H and O–H groups in total. The molecule has 2 aromatic heterocycles. The first-order valence-electron chi connectivity index (χ1n) is 6.88. The van der Waals surface area contributed by atoms with Gasteiger partial charge in [-0.15, -0.1) is 0 Å². The molecule has 1 aliphatic rings. The normalized spacial score (nSPS) is 16.8. The molecule has 0 aliphatic carbocycles. The smallest absolute Gasteiger partial charge is 0.0951 e. The van der Waals surface area contributed by atoms with Gasteiger partial charge in [-0.05, 0) is 26.0 Å². The molecule has 19 heavy (non-hydrogen) atoms. The van der Waals surface area contributed by atoms with Crippen molar-refractivity contribution in [2.45, 2.75) is 32.4 Å². The molecule has 1 fully saturated rings. The monoisotopic (exact) mass is 256 g/mol. The van der Waals surface area contributed by atoms with Crippen LogP contribution >= 0.6 is 0 Å². The number of likely N-dealkylation sites (tertiary alicyclic amines) is 1. The van der Waals surface area contributed by atoms with Gasteiger partial charge in [-0.1, -0.05) is 6.07 Å². The summed E-state index contributed by atoms with van der Waals surface area (Å²) in [7, 11) is 0. The van der Waals surface area contributed by atoms with Crippen LogP contribution < -0.4 is 0 Å². The number of hydrogen-bond acceptors (Lipinski definition) is 3. The molecule has 1 aliphatic heterocycles. The van der Waals surface area contributed by atoms with E-state index in [4.69, 9.17) is 0 Å². The zero-order chi connectivity index (χ0) is 13.2. The van der Waals surface area contributed by atoms with Gasteiger partial charge in [0.05, 0.1) is 12.0 Å². The molecule has 0 unspecified atom stereocenters. The largest absolute Gasteiger partial charge is 0.331 e. The van der Waals surface area contributed by atoms with Gasteiger partial charge in [-0.2, -0.15) is 0 Å². The number of nitrogens with zero attached hydrogens (tertiary/aromatic N) is 4. The zero-order valence-electron chi connectivity index (χ0n) is 11.5. The van der Waals surface area contributed by atoms with Crippen molar-refractivity contribution < 1.29 is 0 Å². The topological polar surface area (TPSA) is 34.0 Å². The second-order valence-electron chi connectivity index (χ2n) is 5.53. The molecule has 0 aromatic carbocycles. The average Bonchev–Trinajstić information content (AvgIpc) is 2.82. The minimum Gasteiger partial charge on any atom is -0.331 e. The Labute approximate surface area is 114 Å². The van der Waals surface area contributed by atoms with Gasteiger partial charge in [0.1, 0.15) is 0 Å². The van der Waals surface area contributed by atoms with Crippen LogP contribution in [-0.2, 0) is 6.54 Å². The van der Waals surface area contributed by atoms with E-state index in [-0.39, 0.29) is 0 Å². The zero-order valence-corrected chi connectivity index (χ0v) is 11.5. The Kier molecular flexibility index (Phi) is 3.34. The summed E-state index contributed by atoms with van der Waals surface area (Å²) in [4.78, 5) is 11.1. The lowest BCUT2D eigenvalue weighted by Crippen LogP contribution is -2.44. The molecule has 0 atom stereocenters. The van der Waals surface area contributed by atoms with E-state index >= 15 is 0 Å². The van der Waals surface area contributed by atoms with Gasteiger partial charge < -0.3 is 4.57 Å². The molecule has 0 amide bonds. The Bertz CT molecular complexity index is 526. The molecule has 3 rings (SSSR count). The highest BCUT2D eigenvalue weighted by molar-refractivity contribution is 5.14. The van der Waals surface area contributed by atoms with Gasteiger partial charge in [-0.3, -0.25) is 9.88 Å². The first kappa shape index (κ1) is 12.4. The molecule has 1 saturated heterocycles. The van der Waals surface area contributed by atoms with Crippen LogP contribution in [0.5, 0.6) is 0 Å². The second kappa shape index (κ2) is 5.13. The summed E-state index contributed by atoms with van der Waals surface area (Å²) in [5.41, 5.74) is 2.52. The predicted octanol–water partition coefficient (Wildman–Crippen LogP) is 2.46. The quantitative estimate of drug-likeness (QED) is 0.842. The Hall–Kier alpha value is -1.68. The van der Waals surface area contributed by atoms with Crippen molar-refractivity contribution in [1.29, 1.82) is 0 Å². The fraction of sp³-hybridized carbons (Fsp3) is 0.467. The SMILES string of the molecule is CC(C)n1cncc1CN1CC(c2ccccn2)C1. The summed E-state index contributed by atoms with van der Waals surface area (Å²) in [6, 6.07) is 6.64. The van der Waals surface area contributed by atoms with Crippen molar-refractivity contribution in [3.05, 3.63) is 48.3 Å². The number of imidazole rings is 1. The highest BCUT2D eigenvalue weighted by atomic mass is 15.2. The fourth-order valence-electron chi connectivity index (χ4n) is 2.65. The predicted molar refractivity (Wildman–Crippen MR) is 74.9 cm³/mol. The molecule has 0 bridgehead atoms. The Balaban J connectivity index is 1.58. The van der Waals surface area contributed by atoms with E-state index in [1.807, 2.05) is 24.8 Å². The Morgan fingerprint density at radius 1 is 1.32 bits per heavy atom. The Morgan fingerprint density at radius 2 is 2.16 bits per heavy atom. The number of pyridine rings is 1.